The number of ether oxygens (including phenoxy) is 1. The third-order valence-electron chi connectivity index (χ3n) is 3.63. The molecule has 104 valence electrons. The molecule has 0 aliphatic heterocycles. The van der Waals surface area contributed by atoms with Crippen LogP contribution in [0.15, 0.2) is 18.2 Å². The first-order valence-electron chi connectivity index (χ1n) is 6.89. The Bertz CT molecular complexity index is 420. The van der Waals surface area contributed by atoms with Gasteiger partial charge in [-0.15, -0.1) is 0 Å². The molecule has 1 amide bonds. The van der Waals surface area contributed by atoms with Gasteiger partial charge < -0.3 is 15.8 Å². The lowest BCUT2D eigenvalue weighted by Gasteiger charge is -2.12. The molecule has 1 aromatic carbocycles. The second kappa shape index (κ2) is 6.57. The number of hydrogen-bond acceptors (Lipinski definition) is 3. The Hall–Kier alpha value is -1.55. The quantitative estimate of drug-likeness (QED) is 0.802. The standard InChI is InChI=1S/C15H22N2O2/c1-11-5-4-8-13(16)15(11)17-14(18)10-19-9-12-6-2-3-7-12/h4-5,8,12H,2-3,6-7,9-10,16H2,1H3,(H,17,18). The maximum absolute atomic E-state index is 11.8. The van der Waals surface area contributed by atoms with E-state index in [1.54, 1.807) is 6.07 Å². The van der Waals surface area contributed by atoms with E-state index in [-0.39, 0.29) is 12.5 Å². The Morgan fingerprint density at radius 3 is 2.84 bits per heavy atom. The fourth-order valence-corrected chi connectivity index (χ4v) is 2.53. The fourth-order valence-electron chi connectivity index (χ4n) is 2.53. The number of amides is 1. The highest BCUT2D eigenvalue weighted by molar-refractivity contribution is 5.95. The third-order valence-corrected chi connectivity index (χ3v) is 3.63. The van der Waals surface area contributed by atoms with Crippen molar-refractivity contribution in [3.8, 4) is 0 Å². The summed E-state index contributed by atoms with van der Waals surface area (Å²) in [5, 5.41) is 2.81. The zero-order valence-electron chi connectivity index (χ0n) is 11.4. The number of rotatable bonds is 5. The van der Waals surface area contributed by atoms with E-state index in [2.05, 4.69) is 5.32 Å². The van der Waals surface area contributed by atoms with Crippen LogP contribution in [-0.4, -0.2) is 19.1 Å². The van der Waals surface area contributed by atoms with E-state index in [1.165, 1.54) is 25.7 Å². The number of nitrogens with two attached hydrogens (primary N) is 1. The van der Waals surface area contributed by atoms with Gasteiger partial charge in [0.2, 0.25) is 5.91 Å². The van der Waals surface area contributed by atoms with Gasteiger partial charge in [0.05, 0.1) is 18.0 Å². The molecule has 3 N–H and O–H groups in total. The molecule has 1 aromatic rings. The number of para-hydroxylation sites is 1. The van der Waals surface area contributed by atoms with Gasteiger partial charge in [0.25, 0.3) is 0 Å². The second-order valence-electron chi connectivity index (χ2n) is 5.25. The number of carbonyl (C=O) groups is 1. The lowest BCUT2D eigenvalue weighted by molar-refractivity contribution is -0.121. The summed E-state index contributed by atoms with van der Waals surface area (Å²) in [6.07, 6.45) is 5.04. The monoisotopic (exact) mass is 262 g/mol. The first-order chi connectivity index (χ1) is 9.16. The largest absolute Gasteiger partial charge is 0.397 e. The summed E-state index contributed by atoms with van der Waals surface area (Å²) in [5.41, 5.74) is 8.08. The van der Waals surface area contributed by atoms with Crippen molar-refractivity contribution in [2.75, 3.05) is 24.3 Å². The second-order valence-corrected chi connectivity index (χ2v) is 5.25. The molecule has 4 nitrogen and oxygen atoms in total. The van der Waals surface area contributed by atoms with Crippen molar-refractivity contribution in [2.24, 2.45) is 5.92 Å². The lowest BCUT2D eigenvalue weighted by Crippen LogP contribution is -2.21. The zero-order valence-corrected chi connectivity index (χ0v) is 11.4. The lowest BCUT2D eigenvalue weighted by atomic mass is 10.1. The number of anilines is 2. The zero-order chi connectivity index (χ0) is 13.7. The number of nitrogens with one attached hydrogen (secondary N) is 1. The smallest absolute Gasteiger partial charge is 0.250 e. The summed E-state index contributed by atoms with van der Waals surface area (Å²) in [6.45, 7) is 2.71. The number of aryl methyl sites for hydroxylation is 1. The molecule has 1 saturated carbocycles. The predicted molar refractivity (Wildman–Crippen MR) is 77.0 cm³/mol. The van der Waals surface area contributed by atoms with Gasteiger partial charge in [-0.1, -0.05) is 25.0 Å². The normalized spacial score (nSPS) is 15.6. The summed E-state index contributed by atoms with van der Waals surface area (Å²) in [5.74, 6) is 0.496. The fraction of sp³-hybridized carbons (Fsp3) is 0.533. The van der Waals surface area contributed by atoms with Crippen LogP contribution in [0.3, 0.4) is 0 Å². The van der Waals surface area contributed by atoms with Gasteiger partial charge in [-0.2, -0.15) is 0 Å². The van der Waals surface area contributed by atoms with E-state index in [4.69, 9.17) is 10.5 Å². The molecule has 0 saturated heterocycles. The first-order valence-corrected chi connectivity index (χ1v) is 6.89. The summed E-state index contributed by atoms with van der Waals surface area (Å²) in [4.78, 5) is 11.8. The summed E-state index contributed by atoms with van der Waals surface area (Å²) in [7, 11) is 0. The van der Waals surface area contributed by atoms with Crippen LogP contribution in [0.25, 0.3) is 0 Å². The molecule has 0 heterocycles. The minimum atomic E-state index is -0.140. The highest BCUT2D eigenvalue weighted by Crippen LogP contribution is 2.25. The SMILES string of the molecule is Cc1cccc(N)c1NC(=O)COCC1CCCC1. The van der Waals surface area contributed by atoms with Crippen molar-refractivity contribution in [1.29, 1.82) is 0 Å². The van der Waals surface area contributed by atoms with E-state index >= 15 is 0 Å². The topological polar surface area (TPSA) is 64.3 Å². The van der Waals surface area contributed by atoms with Gasteiger partial charge in [-0.25, -0.2) is 0 Å². The molecule has 0 atom stereocenters. The predicted octanol–water partition coefficient (Wildman–Crippen LogP) is 2.72. The molecule has 0 unspecified atom stereocenters. The molecule has 1 aliphatic rings. The Balaban J connectivity index is 1.77. The Morgan fingerprint density at radius 2 is 2.16 bits per heavy atom. The molecule has 0 spiro atoms. The molecule has 0 radical (unpaired) electrons. The average molecular weight is 262 g/mol. The van der Waals surface area contributed by atoms with Crippen LogP contribution in [0.2, 0.25) is 0 Å². The van der Waals surface area contributed by atoms with Gasteiger partial charge >= 0.3 is 0 Å². The van der Waals surface area contributed by atoms with Gasteiger partial charge in [0.15, 0.2) is 0 Å². The van der Waals surface area contributed by atoms with Gasteiger partial charge in [0, 0.05) is 0 Å². The van der Waals surface area contributed by atoms with Crippen LogP contribution in [0.1, 0.15) is 31.2 Å². The maximum Gasteiger partial charge on any atom is 0.250 e. The molecule has 2 rings (SSSR count). The van der Waals surface area contributed by atoms with Crippen LogP contribution in [0.5, 0.6) is 0 Å². The molecule has 0 aromatic heterocycles. The van der Waals surface area contributed by atoms with Crippen molar-refractivity contribution in [3.05, 3.63) is 23.8 Å². The van der Waals surface area contributed by atoms with Crippen molar-refractivity contribution in [2.45, 2.75) is 32.6 Å². The molecular weight excluding hydrogens is 240 g/mol. The van der Waals surface area contributed by atoms with Crippen molar-refractivity contribution in [1.82, 2.24) is 0 Å². The minimum absolute atomic E-state index is 0.101. The minimum Gasteiger partial charge on any atom is -0.397 e. The molecule has 4 heteroatoms. The van der Waals surface area contributed by atoms with Crippen molar-refractivity contribution in [3.63, 3.8) is 0 Å². The first kappa shape index (κ1) is 13.9. The van der Waals surface area contributed by atoms with E-state index in [1.807, 2.05) is 19.1 Å². The highest BCUT2D eigenvalue weighted by Gasteiger charge is 2.15. The molecule has 1 aliphatic carbocycles. The van der Waals surface area contributed by atoms with Crippen molar-refractivity contribution >= 4 is 17.3 Å². The van der Waals surface area contributed by atoms with E-state index in [0.29, 0.717) is 23.9 Å². The van der Waals surface area contributed by atoms with E-state index < -0.39 is 0 Å². The van der Waals surface area contributed by atoms with Crippen LogP contribution in [0, 0.1) is 12.8 Å². The molecule has 1 fully saturated rings. The Morgan fingerprint density at radius 1 is 1.42 bits per heavy atom. The van der Waals surface area contributed by atoms with Gasteiger partial charge in [-0.3, -0.25) is 4.79 Å². The summed E-state index contributed by atoms with van der Waals surface area (Å²) >= 11 is 0. The highest BCUT2D eigenvalue weighted by atomic mass is 16.5. The summed E-state index contributed by atoms with van der Waals surface area (Å²) in [6, 6.07) is 5.57. The van der Waals surface area contributed by atoms with Gasteiger partial charge in [-0.05, 0) is 37.3 Å². The van der Waals surface area contributed by atoms with Crippen LogP contribution < -0.4 is 11.1 Å². The average Bonchev–Trinajstić information content (AvgIpc) is 2.87. The van der Waals surface area contributed by atoms with Crippen LogP contribution in [0.4, 0.5) is 11.4 Å². The van der Waals surface area contributed by atoms with E-state index in [0.717, 1.165) is 5.56 Å². The number of nitrogen functional groups attached to an aromatic ring is 1. The number of hydrogen-bond donors (Lipinski definition) is 2. The molecule has 19 heavy (non-hydrogen) atoms. The molecular formula is C15H22N2O2. The van der Waals surface area contributed by atoms with E-state index in [9.17, 15) is 4.79 Å². The van der Waals surface area contributed by atoms with Crippen molar-refractivity contribution < 1.29 is 9.53 Å². The van der Waals surface area contributed by atoms with Gasteiger partial charge in [0.1, 0.15) is 6.61 Å². The third kappa shape index (κ3) is 3.96. The number of carbonyl (C=O) groups excluding carboxylic acids is 1. The summed E-state index contributed by atoms with van der Waals surface area (Å²) < 4.78 is 5.48. The van der Waals surface area contributed by atoms with Crippen LogP contribution in [-0.2, 0) is 9.53 Å². The Labute approximate surface area is 114 Å². The number of benzene rings is 1. The van der Waals surface area contributed by atoms with Crippen LogP contribution >= 0.6 is 0 Å². The maximum atomic E-state index is 11.8. The Kier molecular flexibility index (Phi) is 4.80. The molecule has 0 bridgehead atoms.